The average Bonchev–Trinajstić information content (AvgIpc) is 2.82. The van der Waals surface area contributed by atoms with Gasteiger partial charge in [-0.1, -0.05) is 30.3 Å². The lowest BCUT2D eigenvalue weighted by atomic mass is 9.94. The largest absolute Gasteiger partial charge is 0.493 e. The summed E-state index contributed by atoms with van der Waals surface area (Å²) in [5.74, 6) is -2.62. The summed E-state index contributed by atoms with van der Waals surface area (Å²) in [4.78, 5) is 27.6. The number of benzene rings is 2. The molecule has 0 aromatic heterocycles. The Morgan fingerprint density at radius 2 is 1.61 bits per heavy atom. The fraction of sp³-hybridized carbons (Fsp3) is 0.417. The Morgan fingerprint density at radius 3 is 2.18 bits per heavy atom. The first kappa shape index (κ1) is 24.4. The van der Waals surface area contributed by atoms with Crippen molar-refractivity contribution in [2.75, 3.05) is 32.6 Å². The molecule has 1 aliphatic rings. The van der Waals surface area contributed by atoms with Gasteiger partial charge in [-0.25, -0.2) is 0 Å². The summed E-state index contributed by atoms with van der Waals surface area (Å²) in [6, 6.07) is 10.1. The molecule has 6 nitrogen and oxygen atoms in total. The van der Waals surface area contributed by atoms with Crippen molar-refractivity contribution in [2.24, 2.45) is 0 Å². The molecule has 0 aliphatic carbocycles. The highest BCUT2D eigenvalue weighted by Gasteiger charge is 2.42. The maximum Gasteiger partial charge on any atom is 0.396 e. The molecule has 1 fully saturated rings. The number of piperidine rings is 1. The van der Waals surface area contributed by atoms with Crippen LogP contribution in [0.1, 0.15) is 47.5 Å². The fourth-order valence-corrected chi connectivity index (χ4v) is 3.92. The van der Waals surface area contributed by atoms with Gasteiger partial charge in [0.2, 0.25) is 5.91 Å². The molecule has 9 heteroatoms. The number of rotatable bonds is 7. The van der Waals surface area contributed by atoms with Crippen LogP contribution in [0.25, 0.3) is 0 Å². The van der Waals surface area contributed by atoms with Crippen LogP contribution in [0, 0.1) is 0 Å². The Balaban J connectivity index is 1.90. The number of amides is 2. The zero-order chi connectivity index (χ0) is 24.0. The molecule has 0 spiro atoms. The number of methoxy groups -OCH3 is 2. The van der Waals surface area contributed by atoms with Crippen LogP contribution in [0.3, 0.4) is 0 Å². The first-order valence-electron chi connectivity index (χ1n) is 10.7. The monoisotopic (exact) mass is 464 g/mol. The van der Waals surface area contributed by atoms with Gasteiger partial charge >= 0.3 is 6.18 Å². The number of halogens is 3. The van der Waals surface area contributed by atoms with E-state index in [1.807, 2.05) is 0 Å². The maximum absolute atomic E-state index is 13.7. The number of carbonyl (C=O) groups is 2. The molecule has 0 radical (unpaired) electrons. The number of alkyl halides is 3. The zero-order valence-corrected chi connectivity index (χ0v) is 18.6. The highest BCUT2D eigenvalue weighted by Crippen LogP contribution is 2.38. The van der Waals surface area contributed by atoms with Gasteiger partial charge in [0.25, 0.3) is 5.91 Å². The number of anilines is 1. The molecular weight excluding hydrogens is 437 g/mol. The van der Waals surface area contributed by atoms with Crippen LogP contribution in [0.5, 0.6) is 11.5 Å². The average molecular weight is 464 g/mol. The van der Waals surface area contributed by atoms with E-state index in [2.05, 4.69) is 5.32 Å². The number of nitrogens with zero attached hydrogens (tertiary/aromatic N) is 1. The van der Waals surface area contributed by atoms with E-state index in [0.717, 1.165) is 19.3 Å². The van der Waals surface area contributed by atoms with Gasteiger partial charge < -0.3 is 19.7 Å². The van der Waals surface area contributed by atoms with Crippen LogP contribution in [-0.4, -0.2) is 50.2 Å². The van der Waals surface area contributed by atoms with Crippen molar-refractivity contribution in [3.63, 3.8) is 0 Å². The van der Waals surface area contributed by atoms with Crippen molar-refractivity contribution in [3.8, 4) is 11.5 Å². The highest BCUT2D eigenvalue weighted by atomic mass is 19.4. The van der Waals surface area contributed by atoms with Crippen molar-refractivity contribution < 1.29 is 32.2 Å². The van der Waals surface area contributed by atoms with Gasteiger partial charge in [0.05, 0.1) is 31.4 Å². The molecule has 2 amide bonds. The van der Waals surface area contributed by atoms with Crippen LogP contribution < -0.4 is 14.8 Å². The van der Waals surface area contributed by atoms with Crippen molar-refractivity contribution in [2.45, 2.75) is 37.8 Å². The number of hydrogen-bond acceptors (Lipinski definition) is 4. The van der Waals surface area contributed by atoms with Crippen molar-refractivity contribution >= 4 is 17.5 Å². The van der Waals surface area contributed by atoms with E-state index < -0.39 is 24.4 Å². The Labute approximate surface area is 190 Å². The molecule has 1 atom stereocenters. The van der Waals surface area contributed by atoms with E-state index in [9.17, 15) is 22.8 Å². The number of carbonyl (C=O) groups excluding carboxylic acids is 2. The molecule has 2 aromatic rings. The van der Waals surface area contributed by atoms with Crippen LogP contribution in [-0.2, 0) is 4.79 Å². The van der Waals surface area contributed by atoms with E-state index >= 15 is 0 Å². The smallest absolute Gasteiger partial charge is 0.396 e. The minimum atomic E-state index is -4.61. The summed E-state index contributed by atoms with van der Waals surface area (Å²) in [7, 11) is 2.81. The second-order valence-corrected chi connectivity index (χ2v) is 7.86. The van der Waals surface area contributed by atoms with E-state index in [-0.39, 0.29) is 34.2 Å². The number of nitrogens with one attached hydrogen (secondary N) is 1. The van der Waals surface area contributed by atoms with Crippen molar-refractivity contribution in [3.05, 3.63) is 53.6 Å². The molecule has 0 bridgehead atoms. The van der Waals surface area contributed by atoms with Gasteiger partial charge in [-0.05, 0) is 30.9 Å². The number of ether oxygens (including phenoxy) is 2. The van der Waals surface area contributed by atoms with Gasteiger partial charge in [-0.15, -0.1) is 0 Å². The summed E-state index contributed by atoms with van der Waals surface area (Å²) in [5.41, 5.74) is 0.227. The predicted octanol–water partition coefficient (Wildman–Crippen LogP) is 5.00. The van der Waals surface area contributed by atoms with Crippen LogP contribution in [0.2, 0.25) is 0 Å². The van der Waals surface area contributed by atoms with Gasteiger partial charge in [0.15, 0.2) is 11.5 Å². The highest BCUT2D eigenvalue weighted by molar-refractivity contribution is 6.04. The SMILES string of the molecule is COc1cc(NC(=O)CC(c2ccccc2)C(F)(F)F)c(C(=O)N2CCCCC2)cc1OC. The second-order valence-electron chi connectivity index (χ2n) is 7.86. The summed E-state index contributed by atoms with van der Waals surface area (Å²) >= 11 is 0. The Hall–Kier alpha value is -3.23. The van der Waals surface area contributed by atoms with Gasteiger partial charge in [-0.2, -0.15) is 13.2 Å². The molecule has 1 saturated heterocycles. The third kappa shape index (κ3) is 5.97. The molecule has 1 heterocycles. The molecule has 178 valence electrons. The number of likely N-dealkylation sites (tertiary alicyclic amines) is 1. The van der Waals surface area contributed by atoms with E-state index in [4.69, 9.17) is 9.47 Å². The minimum Gasteiger partial charge on any atom is -0.493 e. The van der Waals surface area contributed by atoms with Crippen LogP contribution >= 0.6 is 0 Å². The van der Waals surface area contributed by atoms with E-state index in [0.29, 0.717) is 13.1 Å². The molecule has 3 rings (SSSR count). The lowest BCUT2D eigenvalue weighted by Crippen LogP contribution is -2.36. The van der Waals surface area contributed by atoms with Crippen LogP contribution in [0.4, 0.5) is 18.9 Å². The van der Waals surface area contributed by atoms with Crippen LogP contribution in [0.15, 0.2) is 42.5 Å². The zero-order valence-electron chi connectivity index (χ0n) is 18.6. The normalized spacial score (nSPS) is 15.0. The quantitative estimate of drug-likeness (QED) is 0.626. The third-order valence-corrected chi connectivity index (χ3v) is 5.66. The Kier molecular flexibility index (Phi) is 7.84. The maximum atomic E-state index is 13.7. The topological polar surface area (TPSA) is 67.9 Å². The lowest BCUT2D eigenvalue weighted by molar-refractivity contribution is -0.155. The number of hydrogen-bond donors (Lipinski definition) is 1. The van der Waals surface area contributed by atoms with E-state index in [1.165, 1.54) is 50.6 Å². The Morgan fingerprint density at radius 1 is 1.00 bits per heavy atom. The van der Waals surface area contributed by atoms with Gasteiger partial charge in [0.1, 0.15) is 0 Å². The minimum absolute atomic E-state index is 0.00271. The second kappa shape index (κ2) is 10.6. The molecule has 1 unspecified atom stereocenters. The predicted molar refractivity (Wildman–Crippen MR) is 118 cm³/mol. The summed E-state index contributed by atoms with van der Waals surface area (Å²) in [6.07, 6.45) is -2.67. The summed E-state index contributed by atoms with van der Waals surface area (Å²) in [5, 5.41) is 2.51. The van der Waals surface area contributed by atoms with Gasteiger partial charge in [-0.3, -0.25) is 9.59 Å². The van der Waals surface area contributed by atoms with Crippen molar-refractivity contribution in [1.82, 2.24) is 4.90 Å². The summed E-state index contributed by atoms with van der Waals surface area (Å²) in [6.45, 7) is 1.15. The lowest BCUT2D eigenvalue weighted by Gasteiger charge is -2.28. The standard InChI is InChI=1S/C24H27F3N2O4/c1-32-20-13-17(23(31)29-11-7-4-8-12-29)19(15-21(20)33-2)28-22(30)14-18(24(25,26)27)16-9-5-3-6-10-16/h3,5-6,9-10,13,15,18H,4,7-8,11-12,14H2,1-2H3,(H,28,30). The molecule has 1 N–H and O–H groups in total. The van der Waals surface area contributed by atoms with Crippen molar-refractivity contribution in [1.29, 1.82) is 0 Å². The molecule has 0 saturated carbocycles. The summed E-state index contributed by atoms with van der Waals surface area (Å²) < 4.78 is 51.6. The molecule has 33 heavy (non-hydrogen) atoms. The molecule has 1 aliphatic heterocycles. The van der Waals surface area contributed by atoms with E-state index in [1.54, 1.807) is 11.0 Å². The Bertz CT molecular complexity index is 974. The fourth-order valence-electron chi connectivity index (χ4n) is 3.92. The molecular formula is C24H27F3N2O4. The molecule has 2 aromatic carbocycles. The first-order chi connectivity index (χ1) is 15.7. The van der Waals surface area contributed by atoms with Gasteiger partial charge in [0, 0.05) is 25.6 Å². The first-order valence-corrected chi connectivity index (χ1v) is 10.7. The third-order valence-electron chi connectivity index (χ3n) is 5.66.